The minimum atomic E-state index is 0.751. The lowest BCUT2D eigenvalue weighted by Crippen LogP contribution is -2.37. The number of nitrogens with zero attached hydrogens (tertiary/aromatic N) is 2. The zero-order valence-electron chi connectivity index (χ0n) is 14.9. The molecule has 1 aliphatic heterocycles. The molecule has 0 saturated carbocycles. The van der Waals surface area contributed by atoms with Crippen LogP contribution < -0.4 is 5.32 Å². The zero-order valence-corrected chi connectivity index (χ0v) is 14.9. The Morgan fingerprint density at radius 1 is 1.25 bits per heavy atom. The van der Waals surface area contributed by atoms with Gasteiger partial charge in [0, 0.05) is 37.0 Å². The maximum Gasteiger partial charge on any atom is 0.0726 e. The van der Waals surface area contributed by atoms with E-state index in [-0.39, 0.29) is 0 Å². The summed E-state index contributed by atoms with van der Waals surface area (Å²) in [6.45, 7) is 7.49. The van der Waals surface area contributed by atoms with Crippen LogP contribution in [-0.4, -0.2) is 49.8 Å². The third kappa shape index (κ3) is 4.25. The molecule has 24 heavy (non-hydrogen) atoms. The predicted octanol–water partition coefficient (Wildman–Crippen LogP) is 3.57. The topological polar surface area (TPSA) is 37.4 Å². The Kier molecular flexibility index (Phi) is 6.05. The molecular formula is C20H29N3O. The highest BCUT2D eigenvalue weighted by molar-refractivity contribution is 5.91. The second-order valence-electron chi connectivity index (χ2n) is 6.69. The molecule has 1 fully saturated rings. The van der Waals surface area contributed by atoms with Crippen LogP contribution in [0.2, 0.25) is 0 Å². The van der Waals surface area contributed by atoms with Crippen LogP contribution in [0.3, 0.4) is 0 Å². The number of aromatic nitrogens is 1. The van der Waals surface area contributed by atoms with Crippen LogP contribution >= 0.6 is 0 Å². The van der Waals surface area contributed by atoms with Crippen LogP contribution in [0.25, 0.3) is 10.9 Å². The van der Waals surface area contributed by atoms with Crippen molar-refractivity contribution in [2.45, 2.75) is 26.2 Å². The quantitative estimate of drug-likeness (QED) is 0.843. The first-order valence-corrected chi connectivity index (χ1v) is 9.14. The fourth-order valence-corrected chi connectivity index (χ4v) is 3.45. The fourth-order valence-electron chi connectivity index (χ4n) is 3.45. The van der Waals surface area contributed by atoms with Crippen molar-refractivity contribution in [3.05, 3.63) is 36.0 Å². The number of para-hydroxylation sites is 1. The van der Waals surface area contributed by atoms with Gasteiger partial charge in [0.1, 0.15) is 0 Å². The number of piperidine rings is 1. The number of anilines is 1. The van der Waals surface area contributed by atoms with E-state index in [1.54, 1.807) is 7.11 Å². The van der Waals surface area contributed by atoms with Crippen LogP contribution in [0.5, 0.6) is 0 Å². The number of hydrogen-bond donors (Lipinski definition) is 1. The Morgan fingerprint density at radius 3 is 2.79 bits per heavy atom. The summed E-state index contributed by atoms with van der Waals surface area (Å²) in [4.78, 5) is 7.24. The van der Waals surface area contributed by atoms with Gasteiger partial charge >= 0.3 is 0 Å². The molecule has 1 saturated heterocycles. The van der Waals surface area contributed by atoms with Crippen molar-refractivity contribution in [1.82, 2.24) is 9.88 Å². The molecule has 0 radical (unpaired) electrons. The van der Waals surface area contributed by atoms with Gasteiger partial charge in [-0.3, -0.25) is 4.98 Å². The highest BCUT2D eigenvalue weighted by Gasteiger charge is 2.19. The Balaban J connectivity index is 1.60. The SMILES string of the molecule is CCc1cc(NCC2CCN(CCOC)CC2)c2ccccc2n1. The van der Waals surface area contributed by atoms with E-state index in [2.05, 4.69) is 47.5 Å². The number of fused-ring (bicyclic) bond motifs is 1. The summed E-state index contributed by atoms with van der Waals surface area (Å²) in [5.74, 6) is 0.751. The lowest BCUT2D eigenvalue weighted by Gasteiger charge is -2.32. The molecule has 0 aliphatic carbocycles. The minimum absolute atomic E-state index is 0.751. The summed E-state index contributed by atoms with van der Waals surface area (Å²) < 4.78 is 5.18. The van der Waals surface area contributed by atoms with E-state index in [1.807, 2.05) is 0 Å². The summed E-state index contributed by atoms with van der Waals surface area (Å²) >= 11 is 0. The van der Waals surface area contributed by atoms with Crippen LogP contribution in [0.15, 0.2) is 30.3 Å². The van der Waals surface area contributed by atoms with Gasteiger partial charge in [0.2, 0.25) is 0 Å². The van der Waals surface area contributed by atoms with Gasteiger partial charge in [-0.1, -0.05) is 25.1 Å². The smallest absolute Gasteiger partial charge is 0.0726 e. The molecule has 0 atom stereocenters. The van der Waals surface area contributed by atoms with Crippen LogP contribution in [0.4, 0.5) is 5.69 Å². The van der Waals surface area contributed by atoms with E-state index >= 15 is 0 Å². The van der Waals surface area contributed by atoms with E-state index in [1.165, 1.54) is 37.0 Å². The minimum Gasteiger partial charge on any atom is -0.384 e. The molecule has 4 nitrogen and oxygen atoms in total. The summed E-state index contributed by atoms with van der Waals surface area (Å²) in [7, 11) is 1.78. The molecule has 4 heteroatoms. The largest absolute Gasteiger partial charge is 0.384 e. The number of ether oxygens (including phenoxy) is 1. The van der Waals surface area contributed by atoms with Crippen molar-refractivity contribution < 1.29 is 4.74 Å². The Bertz CT molecular complexity index is 650. The lowest BCUT2D eigenvalue weighted by molar-refractivity contribution is 0.122. The number of nitrogens with one attached hydrogen (secondary N) is 1. The predicted molar refractivity (Wildman–Crippen MR) is 101 cm³/mol. The Labute approximate surface area is 145 Å². The highest BCUT2D eigenvalue weighted by Crippen LogP contribution is 2.25. The van der Waals surface area contributed by atoms with E-state index in [0.29, 0.717) is 0 Å². The van der Waals surface area contributed by atoms with Crippen molar-refractivity contribution in [3.8, 4) is 0 Å². The zero-order chi connectivity index (χ0) is 16.8. The summed E-state index contributed by atoms with van der Waals surface area (Å²) in [5.41, 5.74) is 3.48. The summed E-state index contributed by atoms with van der Waals surface area (Å²) in [6.07, 6.45) is 3.50. The van der Waals surface area contributed by atoms with E-state index in [9.17, 15) is 0 Å². The van der Waals surface area contributed by atoms with Crippen molar-refractivity contribution in [2.75, 3.05) is 45.2 Å². The Morgan fingerprint density at radius 2 is 2.04 bits per heavy atom. The van der Waals surface area contributed by atoms with Gasteiger partial charge in [-0.15, -0.1) is 0 Å². The van der Waals surface area contributed by atoms with Crippen molar-refractivity contribution >= 4 is 16.6 Å². The number of benzene rings is 1. The average molecular weight is 327 g/mol. The third-order valence-electron chi connectivity index (χ3n) is 5.03. The van der Waals surface area contributed by atoms with Crippen molar-refractivity contribution in [2.24, 2.45) is 5.92 Å². The third-order valence-corrected chi connectivity index (χ3v) is 5.03. The van der Waals surface area contributed by atoms with Crippen LogP contribution in [-0.2, 0) is 11.2 Å². The fraction of sp³-hybridized carbons (Fsp3) is 0.550. The van der Waals surface area contributed by atoms with E-state index in [0.717, 1.165) is 43.2 Å². The first-order chi connectivity index (χ1) is 11.8. The van der Waals surface area contributed by atoms with Crippen molar-refractivity contribution in [3.63, 3.8) is 0 Å². The van der Waals surface area contributed by atoms with Crippen molar-refractivity contribution in [1.29, 1.82) is 0 Å². The highest BCUT2D eigenvalue weighted by atomic mass is 16.5. The molecule has 2 heterocycles. The van der Waals surface area contributed by atoms with Gasteiger partial charge in [0.05, 0.1) is 12.1 Å². The standard InChI is InChI=1S/C20H29N3O/c1-3-17-14-20(18-6-4-5-7-19(18)22-17)21-15-16-8-10-23(11-9-16)12-13-24-2/h4-7,14,16H,3,8-13,15H2,1-2H3,(H,21,22). The van der Waals surface area contributed by atoms with Crippen LogP contribution in [0.1, 0.15) is 25.5 Å². The molecular weight excluding hydrogens is 298 g/mol. The molecule has 0 unspecified atom stereocenters. The van der Waals surface area contributed by atoms with Gasteiger partial charge in [-0.2, -0.15) is 0 Å². The number of rotatable bonds is 7. The molecule has 0 spiro atoms. The maximum absolute atomic E-state index is 5.18. The lowest BCUT2D eigenvalue weighted by atomic mass is 9.96. The van der Waals surface area contributed by atoms with Gasteiger partial charge in [-0.25, -0.2) is 0 Å². The van der Waals surface area contributed by atoms with Gasteiger partial charge < -0.3 is 15.0 Å². The molecule has 0 bridgehead atoms. The maximum atomic E-state index is 5.18. The van der Waals surface area contributed by atoms with Gasteiger partial charge in [0.15, 0.2) is 0 Å². The molecule has 2 aromatic rings. The van der Waals surface area contributed by atoms with Gasteiger partial charge in [0.25, 0.3) is 0 Å². The molecule has 3 rings (SSSR count). The van der Waals surface area contributed by atoms with E-state index in [4.69, 9.17) is 9.72 Å². The normalized spacial score (nSPS) is 16.6. The van der Waals surface area contributed by atoms with Crippen LogP contribution in [0, 0.1) is 5.92 Å². The monoisotopic (exact) mass is 327 g/mol. The molecule has 0 amide bonds. The van der Waals surface area contributed by atoms with E-state index < -0.39 is 0 Å². The summed E-state index contributed by atoms with van der Waals surface area (Å²) in [5, 5.41) is 4.94. The summed E-state index contributed by atoms with van der Waals surface area (Å²) in [6, 6.07) is 10.6. The van der Waals surface area contributed by atoms with Gasteiger partial charge in [-0.05, 0) is 50.4 Å². The molecule has 1 aromatic heterocycles. The molecule has 1 aliphatic rings. The number of likely N-dealkylation sites (tertiary alicyclic amines) is 1. The second-order valence-corrected chi connectivity index (χ2v) is 6.69. The molecule has 1 N–H and O–H groups in total. The molecule has 1 aromatic carbocycles. The number of aryl methyl sites for hydroxylation is 1. The number of methoxy groups -OCH3 is 1. The number of pyridine rings is 1. The number of hydrogen-bond acceptors (Lipinski definition) is 4. The second kappa shape index (κ2) is 8.45. The average Bonchev–Trinajstić information content (AvgIpc) is 2.65. The first-order valence-electron chi connectivity index (χ1n) is 9.14. The first kappa shape index (κ1) is 17.2. The molecule has 130 valence electrons. The Hall–Kier alpha value is -1.65.